The molecule has 0 bridgehead atoms. The van der Waals surface area contributed by atoms with Gasteiger partial charge < -0.3 is 14.5 Å². The van der Waals surface area contributed by atoms with Crippen LogP contribution in [0.3, 0.4) is 0 Å². The van der Waals surface area contributed by atoms with Gasteiger partial charge in [-0.05, 0) is 36.6 Å². The van der Waals surface area contributed by atoms with Crippen LogP contribution in [0.4, 0.5) is 0 Å². The summed E-state index contributed by atoms with van der Waals surface area (Å²) in [5.41, 5.74) is 1.46. The second-order valence-corrected chi connectivity index (χ2v) is 9.52. The van der Waals surface area contributed by atoms with Gasteiger partial charge in [-0.15, -0.1) is 0 Å². The Hall–Kier alpha value is -1.13. The Morgan fingerprint density at radius 1 is 1.19 bits per heavy atom. The molecule has 0 fully saturated rings. The molecule has 0 saturated carbocycles. The number of ether oxygens (including phenoxy) is 1. The first kappa shape index (κ1) is 21.2. The lowest BCUT2D eigenvalue weighted by atomic mass is 10.2. The van der Waals surface area contributed by atoms with Crippen molar-refractivity contribution in [3.63, 3.8) is 0 Å². The van der Waals surface area contributed by atoms with Crippen molar-refractivity contribution in [1.29, 1.82) is 0 Å². The third-order valence-corrected chi connectivity index (χ3v) is 7.17. The molecule has 0 amide bonds. The fourth-order valence-corrected chi connectivity index (χ4v) is 4.03. The van der Waals surface area contributed by atoms with E-state index in [-0.39, 0.29) is 0 Å². The summed E-state index contributed by atoms with van der Waals surface area (Å²) < 4.78 is 17.9. The standard InChI is InChI=1S/C18H23NO4P2S/c1-3-18(2,24-26)23-16-11-9-15(10-12-16)17(25(20,21)22)19-13-14-7-5-4-6-8-14/h4-12,17,19H,3,13H2,1-2H3,(H2,20,21,22). The molecule has 2 atom stereocenters. The number of rotatable bonds is 9. The maximum Gasteiger partial charge on any atom is 0.346 e. The summed E-state index contributed by atoms with van der Waals surface area (Å²) in [5, 5.41) is 2.51. The molecule has 2 aromatic carbocycles. The van der Waals surface area contributed by atoms with Gasteiger partial charge in [0.15, 0.2) is 5.34 Å². The van der Waals surface area contributed by atoms with Crippen LogP contribution < -0.4 is 10.1 Å². The van der Waals surface area contributed by atoms with E-state index in [2.05, 4.69) is 5.32 Å². The van der Waals surface area contributed by atoms with E-state index in [1.165, 1.54) is 0 Å². The molecule has 0 aliphatic carbocycles. The molecular formula is C18H23NO4P2S. The minimum Gasteiger partial charge on any atom is -0.478 e. The number of nitrogens with one attached hydrogen (secondary N) is 1. The lowest BCUT2D eigenvalue weighted by Gasteiger charge is -2.25. The van der Waals surface area contributed by atoms with Gasteiger partial charge in [-0.1, -0.05) is 61.2 Å². The SMILES string of the molecule is CCC(C)(Oc1ccc(C(NCc2ccccc2)P(=O)(O)O)cc1)P=S. The lowest BCUT2D eigenvalue weighted by molar-refractivity contribution is 0.180. The van der Waals surface area contributed by atoms with Gasteiger partial charge in [-0.2, -0.15) is 0 Å². The van der Waals surface area contributed by atoms with Crippen molar-refractivity contribution in [3.05, 3.63) is 65.7 Å². The number of hydrogen-bond donors (Lipinski definition) is 3. The van der Waals surface area contributed by atoms with Crippen LogP contribution >= 0.6 is 15.0 Å². The van der Waals surface area contributed by atoms with Gasteiger partial charge in [-0.25, -0.2) is 0 Å². The summed E-state index contributed by atoms with van der Waals surface area (Å²) in [6.07, 6.45) is 0.767. The van der Waals surface area contributed by atoms with Gasteiger partial charge in [-0.3, -0.25) is 9.88 Å². The van der Waals surface area contributed by atoms with Crippen LogP contribution in [0, 0.1) is 0 Å². The molecule has 0 saturated heterocycles. The normalized spacial score (nSPS) is 15.4. The molecule has 26 heavy (non-hydrogen) atoms. The molecule has 2 aromatic rings. The average Bonchev–Trinajstić information content (AvgIpc) is 2.63. The molecule has 3 N–H and O–H groups in total. The van der Waals surface area contributed by atoms with Crippen LogP contribution in [0.25, 0.3) is 0 Å². The van der Waals surface area contributed by atoms with Crippen LogP contribution in [-0.2, 0) is 22.9 Å². The highest BCUT2D eigenvalue weighted by Gasteiger charge is 2.30. The highest BCUT2D eigenvalue weighted by atomic mass is 32.4. The Kier molecular flexibility index (Phi) is 7.48. The summed E-state index contributed by atoms with van der Waals surface area (Å²) >= 11 is 5.12. The quantitative estimate of drug-likeness (QED) is 0.525. The smallest absolute Gasteiger partial charge is 0.346 e. The molecule has 0 aliphatic heterocycles. The van der Waals surface area contributed by atoms with E-state index in [0.717, 1.165) is 12.0 Å². The molecular weight excluding hydrogens is 388 g/mol. The molecule has 8 heteroatoms. The largest absolute Gasteiger partial charge is 0.478 e. The Labute approximate surface area is 160 Å². The summed E-state index contributed by atoms with van der Waals surface area (Å²) in [6, 6.07) is 16.3. The van der Waals surface area contributed by atoms with E-state index in [0.29, 0.717) is 25.2 Å². The lowest BCUT2D eigenvalue weighted by Crippen LogP contribution is -2.24. The average molecular weight is 411 g/mol. The minimum absolute atomic E-state index is 0.359. The zero-order valence-electron chi connectivity index (χ0n) is 14.7. The summed E-state index contributed by atoms with van der Waals surface area (Å²) in [5.74, 6) is -0.450. The van der Waals surface area contributed by atoms with E-state index in [4.69, 9.17) is 16.5 Å². The van der Waals surface area contributed by atoms with Crippen molar-refractivity contribution in [2.24, 2.45) is 0 Å². The monoisotopic (exact) mass is 411 g/mol. The van der Waals surface area contributed by atoms with Crippen molar-refractivity contribution < 1.29 is 19.1 Å². The Balaban J connectivity index is 2.15. The minimum atomic E-state index is -4.37. The van der Waals surface area contributed by atoms with Crippen molar-refractivity contribution in [2.45, 2.75) is 37.9 Å². The zero-order chi connectivity index (χ0) is 19.2. The number of hydrogen-bond acceptors (Lipinski definition) is 4. The van der Waals surface area contributed by atoms with Gasteiger partial charge in [0.25, 0.3) is 0 Å². The summed E-state index contributed by atoms with van der Waals surface area (Å²) in [6.45, 7) is 4.30. The highest BCUT2D eigenvalue weighted by molar-refractivity contribution is 7.97. The first-order valence-corrected chi connectivity index (χ1v) is 11.8. The molecule has 0 spiro atoms. The van der Waals surface area contributed by atoms with Gasteiger partial charge >= 0.3 is 7.60 Å². The Bertz CT molecular complexity index is 767. The van der Waals surface area contributed by atoms with Gasteiger partial charge in [0.2, 0.25) is 0 Å². The predicted octanol–water partition coefficient (Wildman–Crippen LogP) is 4.57. The highest BCUT2D eigenvalue weighted by Crippen LogP contribution is 2.50. The molecule has 5 nitrogen and oxygen atoms in total. The topological polar surface area (TPSA) is 78.8 Å². The van der Waals surface area contributed by atoms with Gasteiger partial charge in [0.1, 0.15) is 11.5 Å². The molecule has 140 valence electrons. The first-order valence-electron chi connectivity index (χ1n) is 8.23. The fourth-order valence-electron chi connectivity index (χ4n) is 2.37. The maximum absolute atomic E-state index is 11.9. The fraction of sp³-hybridized carbons (Fsp3) is 0.333. The third kappa shape index (κ3) is 5.95. The maximum atomic E-state index is 11.9. The molecule has 0 aliphatic rings. The Morgan fingerprint density at radius 3 is 2.31 bits per heavy atom. The number of benzene rings is 2. The summed E-state index contributed by atoms with van der Waals surface area (Å²) in [4.78, 5) is 19.5. The van der Waals surface area contributed by atoms with E-state index < -0.39 is 18.7 Å². The third-order valence-electron chi connectivity index (χ3n) is 4.06. The van der Waals surface area contributed by atoms with Crippen molar-refractivity contribution in [3.8, 4) is 5.75 Å². The second kappa shape index (κ2) is 9.18. The van der Waals surface area contributed by atoms with Crippen molar-refractivity contribution in [1.82, 2.24) is 5.32 Å². The van der Waals surface area contributed by atoms with E-state index in [1.54, 1.807) is 24.3 Å². The van der Waals surface area contributed by atoms with Crippen LogP contribution in [0.1, 0.15) is 37.2 Å². The van der Waals surface area contributed by atoms with E-state index in [1.807, 2.05) is 44.2 Å². The van der Waals surface area contributed by atoms with Crippen molar-refractivity contribution >= 4 is 26.8 Å². The zero-order valence-corrected chi connectivity index (χ0v) is 17.3. The van der Waals surface area contributed by atoms with Crippen LogP contribution in [0.2, 0.25) is 0 Å². The van der Waals surface area contributed by atoms with E-state index in [9.17, 15) is 14.4 Å². The molecule has 2 unspecified atom stereocenters. The van der Waals surface area contributed by atoms with Crippen LogP contribution in [0.5, 0.6) is 5.75 Å². The molecule has 0 aromatic heterocycles. The molecule has 0 radical (unpaired) electrons. The van der Waals surface area contributed by atoms with E-state index >= 15 is 0 Å². The Morgan fingerprint density at radius 2 is 1.81 bits per heavy atom. The molecule has 0 heterocycles. The van der Waals surface area contributed by atoms with Gasteiger partial charge in [0, 0.05) is 13.9 Å². The predicted molar refractivity (Wildman–Crippen MR) is 108 cm³/mol. The van der Waals surface area contributed by atoms with Crippen LogP contribution in [-0.4, -0.2) is 15.1 Å². The molecule has 2 rings (SSSR count). The van der Waals surface area contributed by atoms with Gasteiger partial charge in [0.05, 0.1) is 0 Å². The van der Waals surface area contributed by atoms with Crippen LogP contribution in [0.15, 0.2) is 54.6 Å². The summed E-state index contributed by atoms with van der Waals surface area (Å²) in [7, 11) is -3.66. The van der Waals surface area contributed by atoms with Crippen molar-refractivity contribution in [2.75, 3.05) is 0 Å². The second-order valence-electron chi connectivity index (χ2n) is 6.15. The first-order chi connectivity index (χ1) is 12.3.